The van der Waals surface area contributed by atoms with Crippen molar-refractivity contribution in [2.24, 2.45) is 0 Å². The fraction of sp³-hybridized carbons (Fsp3) is 0. The van der Waals surface area contributed by atoms with Crippen LogP contribution in [0.15, 0.2) is 53.3 Å². The van der Waals surface area contributed by atoms with Crippen molar-refractivity contribution >= 4 is 23.4 Å². The van der Waals surface area contributed by atoms with Crippen LogP contribution in [0.1, 0.15) is 0 Å². The summed E-state index contributed by atoms with van der Waals surface area (Å²) in [6, 6.07) is 7.73. The summed E-state index contributed by atoms with van der Waals surface area (Å²) < 4.78 is 0. The molecule has 1 aromatic carbocycles. The average molecular weight is 197 g/mol. The molecule has 0 aliphatic carbocycles. The molecule has 1 aromatic rings. The molecule has 0 amide bonds. The number of thioether (sulfide) groups is 1. The minimum absolute atomic E-state index is 0.770. The molecule has 0 aromatic heterocycles. The van der Waals surface area contributed by atoms with E-state index in [2.05, 4.69) is 6.58 Å². The SMILES string of the molecule is C=C/C=C\Sc1ccc(Cl)cc1. The fourth-order valence-corrected chi connectivity index (χ4v) is 1.45. The Hall–Kier alpha value is -0.660. The average Bonchev–Trinajstić information content (AvgIpc) is 2.09. The van der Waals surface area contributed by atoms with Gasteiger partial charge >= 0.3 is 0 Å². The molecule has 0 radical (unpaired) electrons. The molecule has 0 heterocycles. The Kier molecular flexibility index (Phi) is 3.98. The van der Waals surface area contributed by atoms with Crippen molar-refractivity contribution in [1.82, 2.24) is 0 Å². The molecule has 2 heteroatoms. The molecule has 0 aliphatic heterocycles. The minimum Gasteiger partial charge on any atom is -0.0990 e. The maximum Gasteiger partial charge on any atom is 0.0406 e. The first-order valence-corrected chi connectivity index (χ1v) is 4.78. The number of hydrogen-bond acceptors (Lipinski definition) is 1. The van der Waals surface area contributed by atoms with Crippen molar-refractivity contribution in [3.63, 3.8) is 0 Å². The zero-order valence-corrected chi connectivity index (χ0v) is 8.11. The van der Waals surface area contributed by atoms with Gasteiger partial charge in [-0.15, -0.1) is 0 Å². The number of allylic oxidation sites excluding steroid dienone is 2. The Labute approximate surface area is 81.9 Å². The molecule has 62 valence electrons. The second-order valence-corrected chi connectivity index (χ2v) is 3.55. The molecule has 0 N–H and O–H groups in total. The lowest BCUT2D eigenvalue weighted by Crippen LogP contribution is -1.66. The van der Waals surface area contributed by atoms with Crippen molar-refractivity contribution in [2.45, 2.75) is 4.90 Å². The van der Waals surface area contributed by atoms with Gasteiger partial charge in [0, 0.05) is 9.92 Å². The van der Waals surface area contributed by atoms with Gasteiger partial charge < -0.3 is 0 Å². The van der Waals surface area contributed by atoms with Crippen molar-refractivity contribution in [3.05, 3.63) is 53.4 Å². The monoisotopic (exact) mass is 196 g/mol. The highest BCUT2D eigenvalue weighted by molar-refractivity contribution is 8.02. The molecule has 0 nitrogen and oxygen atoms in total. The Balaban J connectivity index is 2.58. The van der Waals surface area contributed by atoms with Crippen molar-refractivity contribution < 1.29 is 0 Å². The third-order valence-corrected chi connectivity index (χ3v) is 2.32. The van der Waals surface area contributed by atoms with Crippen LogP contribution in [-0.4, -0.2) is 0 Å². The van der Waals surface area contributed by atoms with Gasteiger partial charge in [-0.3, -0.25) is 0 Å². The molecule has 0 fully saturated rings. The van der Waals surface area contributed by atoms with Crippen LogP contribution in [0.25, 0.3) is 0 Å². The first-order chi connectivity index (χ1) is 5.83. The van der Waals surface area contributed by atoms with Gasteiger partial charge in [-0.25, -0.2) is 0 Å². The number of hydrogen-bond donors (Lipinski definition) is 0. The Morgan fingerprint density at radius 1 is 1.25 bits per heavy atom. The normalized spacial score (nSPS) is 10.4. The lowest BCUT2D eigenvalue weighted by Gasteiger charge is -1.94. The summed E-state index contributed by atoms with van der Waals surface area (Å²) in [7, 11) is 0. The van der Waals surface area contributed by atoms with Gasteiger partial charge in [0.2, 0.25) is 0 Å². The van der Waals surface area contributed by atoms with E-state index in [-0.39, 0.29) is 0 Å². The third-order valence-electron chi connectivity index (χ3n) is 1.23. The number of halogens is 1. The van der Waals surface area contributed by atoms with E-state index >= 15 is 0 Å². The quantitative estimate of drug-likeness (QED) is 0.518. The number of rotatable bonds is 3. The van der Waals surface area contributed by atoms with E-state index in [4.69, 9.17) is 11.6 Å². The molecule has 1 rings (SSSR count). The van der Waals surface area contributed by atoms with Gasteiger partial charge in [0.15, 0.2) is 0 Å². The summed E-state index contributed by atoms with van der Waals surface area (Å²) in [5.41, 5.74) is 0. The first kappa shape index (κ1) is 9.43. The lowest BCUT2D eigenvalue weighted by atomic mass is 10.4. The van der Waals surface area contributed by atoms with Crippen LogP contribution in [0.4, 0.5) is 0 Å². The van der Waals surface area contributed by atoms with Crippen LogP contribution in [0.3, 0.4) is 0 Å². The summed E-state index contributed by atoms with van der Waals surface area (Å²) >= 11 is 7.37. The summed E-state index contributed by atoms with van der Waals surface area (Å²) in [6.45, 7) is 3.58. The van der Waals surface area contributed by atoms with Crippen molar-refractivity contribution in [1.29, 1.82) is 0 Å². The molecule has 0 bridgehead atoms. The summed E-state index contributed by atoms with van der Waals surface area (Å²) in [5.74, 6) is 0. The summed E-state index contributed by atoms with van der Waals surface area (Å²) in [5, 5.41) is 2.75. The van der Waals surface area contributed by atoms with E-state index in [1.165, 1.54) is 4.90 Å². The fourth-order valence-electron chi connectivity index (χ4n) is 0.687. The topological polar surface area (TPSA) is 0 Å². The van der Waals surface area contributed by atoms with Gasteiger partial charge in [0.05, 0.1) is 0 Å². The molecule has 0 spiro atoms. The lowest BCUT2D eigenvalue weighted by molar-refractivity contribution is 1.47. The highest BCUT2D eigenvalue weighted by Gasteiger charge is 1.89. The van der Waals surface area contributed by atoms with E-state index in [9.17, 15) is 0 Å². The zero-order chi connectivity index (χ0) is 8.81. The molecular weight excluding hydrogens is 188 g/mol. The van der Waals surface area contributed by atoms with Crippen molar-refractivity contribution in [3.8, 4) is 0 Å². The maximum absolute atomic E-state index is 5.73. The number of benzene rings is 1. The van der Waals surface area contributed by atoms with E-state index in [0.717, 1.165) is 5.02 Å². The summed E-state index contributed by atoms with van der Waals surface area (Å²) in [4.78, 5) is 1.18. The highest BCUT2D eigenvalue weighted by atomic mass is 35.5. The highest BCUT2D eigenvalue weighted by Crippen LogP contribution is 2.20. The van der Waals surface area contributed by atoms with Gasteiger partial charge in [-0.05, 0) is 29.7 Å². The van der Waals surface area contributed by atoms with Crippen LogP contribution in [-0.2, 0) is 0 Å². The molecule has 0 saturated heterocycles. The molecule has 0 aliphatic rings. The third kappa shape index (κ3) is 3.16. The van der Waals surface area contributed by atoms with Gasteiger partial charge in [-0.2, -0.15) is 0 Å². The second kappa shape index (κ2) is 5.07. The van der Waals surface area contributed by atoms with E-state index in [0.29, 0.717) is 0 Å². The largest absolute Gasteiger partial charge is 0.0990 e. The molecule has 0 saturated carbocycles. The van der Waals surface area contributed by atoms with Crippen LogP contribution in [0, 0.1) is 0 Å². The Bertz CT molecular complexity index is 274. The van der Waals surface area contributed by atoms with E-state index in [1.54, 1.807) is 17.8 Å². The van der Waals surface area contributed by atoms with Crippen LogP contribution >= 0.6 is 23.4 Å². The standard InChI is InChI=1S/C10H9ClS/c1-2-3-8-12-10-6-4-9(11)5-7-10/h2-8H,1H2/b8-3-. The molecule has 0 atom stereocenters. The Morgan fingerprint density at radius 2 is 1.92 bits per heavy atom. The molecular formula is C10H9ClS. The zero-order valence-electron chi connectivity index (χ0n) is 6.53. The van der Waals surface area contributed by atoms with E-state index in [1.807, 2.05) is 35.7 Å². The van der Waals surface area contributed by atoms with Gasteiger partial charge in [-0.1, -0.05) is 42.1 Å². The molecule has 0 unspecified atom stereocenters. The molecule has 12 heavy (non-hydrogen) atoms. The second-order valence-electron chi connectivity index (χ2n) is 2.14. The first-order valence-electron chi connectivity index (χ1n) is 3.53. The maximum atomic E-state index is 5.73. The predicted octanol–water partition coefficient (Wildman–Crippen LogP) is 4.13. The van der Waals surface area contributed by atoms with Crippen molar-refractivity contribution in [2.75, 3.05) is 0 Å². The van der Waals surface area contributed by atoms with E-state index < -0.39 is 0 Å². The summed E-state index contributed by atoms with van der Waals surface area (Å²) in [6.07, 6.45) is 3.65. The predicted molar refractivity (Wildman–Crippen MR) is 56.6 cm³/mol. The van der Waals surface area contributed by atoms with Gasteiger partial charge in [0.1, 0.15) is 0 Å². The van der Waals surface area contributed by atoms with Crippen LogP contribution in [0.2, 0.25) is 5.02 Å². The smallest absolute Gasteiger partial charge is 0.0406 e. The minimum atomic E-state index is 0.770. The van der Waals surface area contributed by atoms with Crippen LogP contribution < -0.4 is 0 Å². The van der Waals surface area contributed by atoms with Crippen LogP contribution in [0.5, 0.6) is 0 Å². The van der Waals surface area contributed by atoms with Gasteiger partial charge in [0.25, 0.3) is 0 Å². The Morgan fingerprint density at radius 3 is 2.50 bits per heavy atom.